The monoisotopic (exact) mass is 253 g/mol. The Morgan fingerprint density at radius 1 is 1.11 bits per heavy atom. The van der Waals surface area contributed by atoms with Crippen LogP contribution in [0.1, 0.15) is 12.6 Å². The Morgan fingerprint density at radius 3 is 2.79 bits per heavy atom. The topological polar surface area (TPSA) is 55.6 Å². The summed E-state index contributed by atoms with van der Waals surface area (Å²) in [7, 11) is 0. The van der Waals surface area contributed by atoms with Gasteiger partial charge in [0.2, 0.25) is 0 Å². The van der Waals surface area contributed by atoms with E-state index in [0.717, 1.165) is 29.1 Å². The first-order valence-corrected chi connectivity index (χ1v) is 6.31. The number of rotatable bonds is 4. The van der Waals surface area contributed by atoms with Crippen LogP contribution in [-0.2, 0) is 6.54 Å². The van der Waals surface area contributed by atoms with Crippen molar-refractivity contribution in [1.82, 2.24) is 19.5 Å². The molecule has 0 aliphatic rings. The number of hydrogen-bond donors (Lipinski definition) is 1. The quantitative estimate of drug-likeness (QED) is 0.775. The normalized spacial score (nSPS) is 10.8. The summed E-state index contributed by atoms with van der Waals surface area (Å²) in [6.07, 6.45) is 5.40. The van der Waals surface area contributed by atoms with Gasteiger partial charge in [-0.25, -0.2) is 9.97 Å². The highest BCUT2D eigenvalue weighted by atomic mass is 15.1. The number of benzene rings is 1. The minimum absolute atomic E-state index is 0.680. The van der Waals surface area contributed by atoms with Crippen LogP contribution >= 0.6 is 0 Å². The van der Waals surface area contributed by atoms with Crippen LogP contribution in [0.5, 0.6) is 0 Å². The first kappa shape index (κ1) is 11.6. The molecule has 0 spiro atoms. The second-order valence-electron chi connectivity index (χ2n) is 4.28. The van der Waals surface area contributed by atoms with Crippen molar-refractivity contribution in [2.75, 3.05) is 11.9 Å². The van der Waals surface area contributed by atoms with Gasteiger partial charge in [-0.15, -0.1) is 0 Å². The van der Waals surface area contributed by atoms with Crippen LogP contribution < -0.4 is 5.32 Å². The van der Waals surface area contributed by atoms with Crippen molar-refractivity contribution >= 4 is 16.9 Å². The van der Waals surface area contributed by atoms with E-state index in [2.05, 4.69) is 30.9 Å². The lowest BCUT2D eigenvalue weighted by Gasteiger charge is -2.05. The minimum atomic E-state index is 0.680. The fourth-order valence-corrected chi connectivity index (χ4v) is 2.02. The van der Waals surface area contributed by atoms with Crippen LogP contribution in [0.25, 0.3) is 11.0 Å². The van der Waals surface area contributed by atoms with E-state index >= 15 is 0 Å². The summed E-state index contributed by atoms with van der Waals surface area (Å²) in [6.45, 7) is 3.56. The average Bonchev–Trinajstić information content (AvgIpc) is 2.85. The molecule has 5 heteroatoms. The molecule has 0 saturated heterocycles. The molecule has 0 saturated carbocycles. The van der Waals surface area contributed by atoms with Gasteiger partial charge in [-0.1, -0.05) is 12.1 Å². The summed E-state index contributed by atoms with van der Waals surface area (Å²) < 4.78 is 2.08. The Bertz CT molecular complexity index is 672. The van der Waals surface area contributed by atoms with Crippen molar-refractivity contribution in [1.29, 1.82) is 0 Å². The molecule has 2 aromatic heterocycles. The van der Waals surface area contributed by atoms with E-state index in [1.54, 1.807) is 12.4 Å². The highest BCUT2D eigenvalue weighted by molar-refractivity contribution is 5.74. The second-order valence-corrected chi connectivity index (χ2v) is 4.28. The highest BCUT2D eigenvalue weighted by Crippen LogP contribution is 2.13. The van der Waals surface area contributed by atoms with Gasteiger partial charge < -0.3 is 9.88 Å². The zero-order valence-electron chi connectivity index (χ0n) is 10.7. The standard InChI is InChI=1S/C14H15N5/c1-2-15-14-8-16-11(7-17-14)9-19-10-18-12-5-3-4-6-13(12)19/h3-8,10H,2,9H2,1H3,(H,15,17). The van der Waals surface area contributed by atoms with Gasteiger partial charge in [-0.05, 0) is 19.1 Å². The van der Waals surface area contributed by atoms with Gasteiger partial charge in [-0.2, -0.15) is 0 Å². The van der Waals surface area contributed by atoms with E-state index in [0.29, 0.717) is 6.54 Å². The van der Waals surface area contributed by atoms with Crippen LogP contribution in [0.2, 0.25) is 0 Å². The largest absolute Gasteiger partial charge is 0.369 e. The van der Waals surface area contributed by atoms with Crippen LogP contribution in [0.3, 0.4) is 0 Å². The Labute approximate surface area is 111 Å². The van der Waals surface area contributed by atoms with Crippen LogP contribution in [0.4, 0.5) is 5.82 Å². The first-order chi connectivity index (χ1) is 9.36. The lowest BCUT2D eigenvalue weighted by molar-refractivity contribution is 0.790. The molecule has 0 aliphatic heterocycles. The number of anilines is 1. The van der Waals surface area contributed by atoms with Crippen LogP contribution in [0, 0.1) is 0 Å². The van der Waals surface area contributed by atoms with Crippen molar-refractivity contribution in [3.8, 4) is 0 Å². The molecule has 0 fully saturated rings. The molecule has 2 heterocycles. The van der Waals surface area contributed by atoms with Gasteiger partial charge in [0, 0.05) is 6.54 Å². The maximum absolute atomic E-state index is 4.41. The maximum Gasteiger partial charge on any atom is 0.144 e. The smallest absolute Gasteiger partial charge is 0.144 e. The lowest BCUT2D eigenvalue weighted by Crippen LogP contribution is -2.04. The minimum Gasteiger partial charge on any atom is -0.369 e. The molecule has 0 amide bonds. The Kier molecular flexibility index (Phi) is 3.10. The van der Waals surface area contributed by atoms with Crippen molar-refractivity contribution in [3.63, 3.8) is 0 Å². The molecule has 0 atom stereocenters. The lowest BCUT2D eigenvalue weighted by atomic mass is 10.3. The van der Waals surface area contributed by atoms with Gasteiger partial charge in [0.15, 0.2) is 0 Å². The number of imidazole rings is 1. The molecule has 0 radical (unpaired) electrons. The average molecular weight is 253 g/mol. The fourth-order valence-electron chi connectivity index (χ4n) is 2.02. The van der Waals surface area contributed by atoms with Crippen molar-refractivity contribution in [2.24, 2.45) is 0 Å². The van der Waals surface area contributed by atoms with Crippen molar-refractivity contribution < 1.29 is 0 Å². The van der Waals surface area contributed by atoms with Gasteiger partial charge in [0.1, 0.15) is 5.82 Å². The Hall–Kier alpha value is -2.43. The first-order valence-electron chi connectivity index (χ1n) is 6.31. The molecular formula is C14H15N5. The second kappa shape index (κ2) is 5.06. The van der Waals surface area contributed by atoms with E-state index in [9.17, 15) is 0 Å². The van der Waals surface area contributed by atoms with Gasteiger partial charge in [-0.3, -0.25) is 4.98 Å². The summed E-state index contributed by atoms with van der Waals surface area (Å²) >= 11 is 0. The predicted molar refractivity (Wildman–Crippen MR) is 75.0 cm³/mol. The Morgan fingerprint density at radius 2 is 2.00 bits per heavy atom. The van der Waals surface area contributed by atoms with E-state index in [-0.39, 0.29) is 0 Å². The number of nitrogens with zero attached hydrogens (tertiary/aromatic N) is 4. The number of para-hydroxylation sites is 2. The summed E-state index contributed by atoms with van der Waals surface area (Å²) in [6, 6.07) is 8.07. The number of fused-ring (bicyclic) bond motifs is 1. The molecule has 1 N–H and O–H groups in total. The van der Waals surface area contributed by atoms with Gasteiger partial charge >= 0.3 is 0 Å². The molecule has 19 heavy (non-hydrogen) atoms. The molecular weight excluding hydrogens is 238 g/mol. The third-order valence-corrected chi connectivity index (χ3v) is 2.92. The van der Waals surface area contributed by atoms with Crippen LogP contribution in [0.15, 0.2) is 43.0 Å². The van der Waals surface area contributed by atoms with E-state index in [4.69, 9.17) is 0 Å². The number of nitrogens with one attached hydrogen (secondary N) is 1. The Balaban J connectivity index is 1.84. The van der Waals surface area contributed by atoms with E-state index in [1.807, 2.05) is 31.5 Å². The van der Waals surface area contributed by atoms with Crippen molar-refractivity contribution in [3.05, 3.63) is 48.7 Å². The third-order valence-electron chi connectivity index (χ3n) is 2.92. The van der Waals surface area contributed by atoms with E-state index < -0.39 is 0 Å². The van der Waals surface area contributed by atoms with Gasteiger partial charge in [0.05, 0.1) is 42.0 Å². The van der Waals surface area contributed by atoms with E-state index in [1.165, 1.54) is 0 Å². The molecule has 1 aromatic carbocycles. The van der Waals surface area contributed by atoms with Crippen molar-refractivity contribution in [2.45, 2.75) is 13.5 Å². The molecule has 0 unspecified atom stereocenters. The fraction of sp³-hybridized carbons (Fsp3) is 0.214. The summed E-state index contributed by atoms with van der Waals surface area (Å²) in [5, 5.41) is 3.13. The maximum atomic E-state index is 4.41. The third kappa shape index (κ3) is 2.40. The molecule has 5 nitrogen and oxygen atoms in total. The summed E-state index contributed by atoms with van der Waals surface area (Å²) in [4.78, 5) is 13.1. The molecule has 3 rings (SSSR count). The summed E-state index contributed by atoms with van der Waals surface area (Å²) in [5.74, 6) is 0.807. The highest BCUT2D eigenvalue weighted by Gasteiger charge is 2.03. The molecule has 0 bridgehead atoms. The molecule has 96 valence electrons. The number of aromatic nitrogens is 4. The number of hydrogen-bond acceptors (Lipinski definition) is 4. The SMILES string of the molecule is CCNc1cnc(Cn2cnc3ccccc32)cn1. The zero-order chi connectivity index (χ0) is 13.1. The molecule has 0 aliphatic carbocycles. The summed E-state index contributed by atoms with van der Waals surface area (Å²) in [5.41, 5.74) is 3.03. The van der Waals surface area contributed by atoms with Gasteiger partial charge in [0.25, 0.3) is 0 Å². The molecule has 3 aromatic rings. The zero-order valence-corrected chi connectivity index (χ0v) is 10.7. The predicted octanol–water partition coefficient (Wildman–Crippen LogP) is 2.31. The van der Waals surface area contributed by atoms with Crippen LogP contribution in [-0.4, -0.2) is 26.1 Å².